The Hall–Kier alpha value is -0.540. The highest BCUT2D eigenvalue weighted by molar-refractivity contribution is 9.10. The second-order valence-corrected chi connectivity index (χ2v) is 5.24. The lowest BCUT2D eigenvalue weighted by Gasteiger charge is -2.18. The molecule has 2 nitrogen and oxygen atoms in total. The van der Waals surface area contributed by atoms with Gasteiger partial charge < -0.3 is 10.1 Å². The van der Waals surface area contributed by atoms with Crippen LogP contribution in [0.3, 0.4) is 0 Å². The lowest BCUT2D eigenvalue weighted by atomic mass is 10.1. The van der Waals surface area contributed by atoms with Gasteiger partial charge in [0.2, 0.25) is 0 Å². The smallest absolute Gasteiger partial charge is 0.0744 e. The Kier molecular flexibility index (Phi) is 6.60. The first kappa shape index (κ1) is 14.5. The lowest BCUT2D eigenvalue weighted by Crippen LogP contribution is -2.16. The number of hydrogen-bond acceptors (Lipinski definition) is 2. The van der Waals surface area contributed by atoms with Crippen LogP contribution in [0.1, 0.15) is 38.7 Å². The molecule has 1 unspecified atom stereocenters. The molecule has 17 heavy (non-hydrogen) atoms. The highest BCUT2D eigenvalue weighted by atomic mass is 79.9. The van der Waals surface area contributed by atoms with Gasteiger partial charge in [0.25, 0.3) is 0 Å². The molecule has 0 aliphatic rings. The molecule has 0 saturated heterocycles. The van der Waals surface area contributed by atoms with Crippen LogP contribution in [-0.2, 0) is 11.3 Å². The van der Waals surface area contributed by atoms with Gasteiger partial charge in [0.1, 0.15) is 0 Å². The Morgan fingerprint density at radius 2 is 2.18 bits per heavy atom. The average Bonchev–Trinajstić information content (AvgIpc) is 2.31. The molecule has 0 aromatic heterocycles. The standard InChI is InChI=1S/C14H22BrNO/c1-4-5-7-11(2)16-14-9-6-8-13(15)12(14)10-17-3/h6,8-9,11,16H,4-5,7,10H2,1-3H3. The van der Waals surface area contributed by atoms with E-state index in [0.717, 1.165) is 4.47 Å². The minimum absolute atomic E-state index is 0.500. The van der Waals surface area contributed by atoms with Crippen molar-refractivity contribution in [2.45, 2.75) is 45.8 Å². The predicted molar refractivity (Wildman–Crippen MR) is 77.5 cm³/mol. The van der Waals surface area contributed by atoms with Gasteiger partial charge >= 0.3 is 0 Å². The molecule has 0 aliphatic carbocycles. The zero-order valence-electron chi connectivity index (χ0n) is 10.9. The van der Waals surface area contributed by atoms with Gasteiger partial charge in [-0.3, -0.25) is 0 Å². The first-order valence-electron chi connectivity index (χ1n) is 6.21. The van der Waals surface area contributed by atoms with Gasteiger partial charge in [0.15, 0.2) is 0 Å². The number of methoxy groups -OCH3 is 1. The van der Waals surface area contributed by atoms with E-state index in [2.05, 4.69) is 53.3 Å². The first-order valence-corrected chi connectivity index (χ1v) is 7.01. The maximum atomic E-state index is 5.24. The summed E-state index contributed by atoms with van der Waals surface area (Å²) >= 11 is 3.57. The average molecular weight is 300 g/mol. The third kappa shape index (κ3) is 4.68. The minimum Gasteiger partial charge on any atom is -0.382 e. The van der Waals surface area contributed by atoms with Gasteiger partial charge in [-0.05, 0) is 25.5 Å². The molecule has 0 spiro atoms. The second kappa shape index (κ2) is 7.72. The highest BCUT2D eigenvalue weighted by Crippen LogP contribution is 2.26. The molecule has 0 saturated carbocycles. The van der Waals surface area contributed by atoms with Crippen LogP contribution in [0.4, 0.5) is 5.69 Å². The number of ether oxygens (including phenoxy) is 1. The van der Waals surface area contributed by atoms with Crippen LogP contribution in [-0.4, -0.2) is 13.2 Å². The van der Waals surface area contributed by atoms with E-state index in [9.17, 15) is 0 Å². The van der Waals surface area contributed by atoms with Gasteiger partial charge in [-0.25, -0.2) is 0 Å². The summed E-state index contributed by atoms with van der Waals surface area (Å²) in [6.45, 7) is 5.08. The van der Waals surface area contributed by atoms with Crippen molar-refractivity contribution in [2.75, 3.05) is 12.4 Å². The van der Waals surface area contributed by atoms with Crippen molar-refractivity contribution in [3.63, 3.8) is 0 Å². The van der Waals surface area contributed by atoms with E-state index in [4.69, 9.17) is 4.74 Å². The predicted octanol–water partition coefficient (Wildman–Crippen LogP) is 4.59. The van der Waals surface area contributed by atoms with Crippen molar-refractivity contribution in [3.05, 3.63) is 28.2 Å². The molecular weight excluding hydrogens is 278 g/mol. The summed E-state index contributed by atoms with van der Waals surface area (Å²) in [5.41, 5.74) is 2.36. The van der Waals surface area contributed by atoms with Crippen molar-refractivity contribution >= 4 is 21.6 Å². The molecule has 0 bridgehead atoms. The second-order valence-electron chi connectivity index (χ2n) is 4.39. The first-order chi connectivity index (χ1) is 8.19. The Bertz CT molecular complexity index is 341. The molecule has 1 N–H and O–H groups in total. The molecule has 0 heterocycles. The molecule has 3 heteroatoms. The lowest BCUT2D eigenvalue weighted by molar-refractivity contribution is 0.185. The summed E-state index contributed by atoms with van der Waals surface area (Å²) in [6, 6.07) is 6.72. The van der Waals surface area contributed by atoms with Crippen molar-refractivity contribution in [1.29, 1.82) is 0 Å². The maximum Gasteiger partial charge on any atom is 0.0744 e. The fraction of sp³-hybridized carbons (Fsp3) is 0.571. The minimum atomic E-state index is 0.500. The van der Waals surface area contributed by atoms with E-state index in [1.54, 1.807) is 7.11 Å². The molecule has 1 rings (SSSR count). The summed E-state index contributed by atoms with van der Waals surface area (Å²) in [4.78, 5) is 0. The Labute approximate surface area is 113 Å². The number of rotatable bonds is 7. The number of hydrogen-bond donors (Lipinski definition) is 1. The Morgan fingerprint density at radius 1 is 1.41 bits per heavy atom. The normalized spacial score (nSPS) is 12.5. The molecule has 0 aliphatic heterocycles. The molecule has 96 valence electrons. The van der Waals surface area contributed by atoms with Crippen LogP contribution < -0.4 is 5.32 Å². The Morgan fingerprint density at radius 3 is 2.82 bits per heavy atom. The van der Waals surface area contributed by atoms with E-state index >= 15 is 0 Å². The molecular formula is C14H22BrNO. The van der Waals surface area contributed by atoms with Crippen LogP contribution >= 0.6 is 15.9 Å². The van der Waals surface area contributed by atoms with Gasteiger partial charge in [-0.2, -0.15) is 0 Å². The van der Waals surface area contributed by atoms with Crippen LogP contribution in [0.5, 0.6) is 0 Å². The number of anilines is 1. The topological polar surface area (TPSA) is 21.3 Å². The van der Waals surface area contributed by atoms with E-state index < -0.39 is 0 Å². The quantitative estimate of drug-likeness (QED) is 0.795. The maximum absolute atomic E-state index is 5.24. The number of nitrogens with one attached hydrogen (secondary N) is 1. The highest BCUT2D eigenvalue weighted by Gasteiger charge is 2.08. The van der Waals surface area contributed by atoms with Crippen molar-refractivity contribution in [3.8, 4) is 0 Å². The van der Waals surface area contributed by atoms with Crippen LogP contribution in [0.25, 0.3) is 0 Å². The molecule has 0 fully saturated rings. The largest absolute Gasteiger partial charge is 0.382 e. The van der Waals surface area contributed by atoms with Crippen molar-refractivity contribution in [2.24, 2.45) is 0 Å². The SMILES string of the molecule is CCCCC(C)Nc1cccc(Br)c1COC. The number of benzene rings is 1. The van der Waals surface area contributed by atoms with E-state index in [0.29, 0.717) is 12.6 Å². The van der Waals surface area contributed by atoms with Crippen molar-refractivity contribution < 1.29 is 4.74 Å². The van der Waals surface area contributed by atoms with Gasteiger partial charge in [-0.15, -0.1) is 0 Å². The molecule has 0 amide bonds. The molecule has 0 radical (unpaired) electrons. The van der Waals surface area contributed by atoms with E-state index in [1.165, 1.54) is 30.5 Å². The van der Waals surface area contributed by atoms with E-state index in [1.807, 2.05) is 0 Å². The third-order valence-electron chi connectivity index (χ3n) is 2.80. The number of halogens is 1. The monoisotopic (exact) mass is 299 g/mol. The summed E-state index contributed by atoms with van der Waals surface area (Å²) in [5, 5.41) is 3.56. The molecule has 1 aromatic rings. The summed E-state index contributed by atoms with van der Waals surface area (Å²) < 4.78 is 6.35. The van der Waals surface area contributed by atoms with Crippen LogP contribution in [0.2, 0.25) is 0 Å². The fourth-order valence-electron chi connectivity index (χ4n) is 1.83. The zero-order valence-corrected chi connectivity index (χ0v) is 12.5. The van der Waals surface area contributed by atoms with Gasteiger partial charge in [0.05, 0.1) is 6.61 Å². The molecule has 1 aromatic carbocycles. The zero-order chi connectivity index (χ0) is 12.7. The third-order valence-corrected chi connectivity index (χ3v) is 3.54. The van der Waals surface area contributed by atoms with Gasteiger partial charge in [-0.1, -0.05) is 41.8 Å². The van der Waals surface area contributed by atoms with Crippen LogP contribution in [0, 0.1) is 0 Å². The summed E-state index contributed by atoms with van der Waals surface area (Å²) in [7, 11) is 1.73. The fourth-order valence-corrected chi connectivity index (χ4v) is 2.31. The molecule has 1 atom stereocenters. The van der Waals surface area contributed by atoms with E-state index in [-0.39, 0.29) is 0 Å². The van der Waals surface area contributed by atoms with Crippen molar-refractivity contribution in [1.82, 2.24) is 0 Å². The Balaban J connectivity index is 2.72. The summed E-state index contributed by atoms with van der Waals surface area (Å²) in [6.07, 6.45) is 3.71. The van der Waals surface area contributed by atoms with Crippen LogP contribution in [0.15, 0.2) is 22.7 Å². The van der Waals surface area contributed by atoms with Gasteiger partial charge in [0, 0.05) is 28.9 Å². The summed E-state index contributed by atoms with van der Waals surface area (Å²) in [5.74, 6) is 0. The number of unbranched alkanes of at least 4 members (excludes halogenated alkanes) is 1.